The fourth-order valence-electron chi connectivity index (χ4n) is 2.35. The van der Waals surface area contributed by atoms with Crippen LogP contribution in [0.4, 0.5) is 5.69 Å². The Morgan fingerprint density at radius 3 is 2.46 bits per heavy atom. The van der Waals surface area contributed by atoms with Gasteiger partial charge in [-0.05, 0) is 46.3 Å². The molecule has 0 aliphatic heterocycles. The first kappa shape index (κ1) is 21.0. The topological polar surface area (TPSA) is 66.5 Å². The number of anilines is 1. The van der Waals surface area contributed by atoms with Crippen LogP contribution in [0.3, 0.4) is 0 Å². The fourth-order valence-corrected chi connectivity index (χ4v) is 5.22. The van der Waals surface area contributed by atoms with E-state index >= 15 is 0 Å². The van der Waals surface area contributed by atoms with Crippen LogP contribution in [0.5, 0.6) is 0 Å². The third-order valence-electron chi connectivity index (χ3n) is 3.66. The summed E-state index contributed by atoms with van der Waals surface area (Å²) in [5.74, 6) is 0.0402. The van der Waals surface area contributed by atoms with Crippen LogP contribution in [-0.2, 0) is 14.8 Å². The lowest BCUT2D eigenvalue weighted by Gasteiger charge is -2.18. The van der Waals surface area contributed by atoms with E-state index in [1.165, 1.54) is 22.1 Å². The van der Waals surface area contributed by atoms with Crippen molar-refractivity contribution in [3.8, 4) is 0 Å². The molecule has 0 atom stereocenters. The SMILES string of the molecule is CCN(CC)S(=O)(=O)c1cccc(NC(=O)CSc2ccccc2Br)c1. The average Bonchev–Trinajstić information content (AvgIpc) is 2.62. The molecule has 0 spiro atoms. The van der Waals surface area contributed by atoms with Gasteiger partial charge in [-0.3, -0.25) is 4.79 Å². The van der Waals surface area contributed by atoms with Crippen molar-refractivity contribution in [1.82, 2.24) is 4.31 Å². The van der Waals surface area contributed by atoms with Crippen LogP contribution in [0.1, 0.15) is 13.8 Å². The summed E-state index contributed by atoms with van der Waals surface area (Å²) < 4.78 is 27.5. The van der Waals surface area contributed by atoms with Crippen LogP contribution in [-0.4, -0.2) is 37.5 Å². The van der Waals surface area contributed by atoms with E-state index in [2.05, 4.69) is 21.2 Å². The van der Waals surface area contributed by atoms with Gasteiger partial charge in [0.25, 0.3) is 0 Å². The van der Waals surface area contributed by atoms with Gasteiger partial charge in [-0.2, -0.15) is 4.31 Å². The summed E-state index contributed by atoms with van der Waals surface area (Å²) in [4.78, 5) is 13.3. The number of thioether (sulfide) groups is 1. The molecule has 0 aliphatic rings. The van der Waals surface area contributed by atoms with Crippen molar-refractivity contribution >= 4 is 49.3 Å². The van der Waals surface area contributed by atoms with E-state index in [-0.39, 0.29) is 16.6 Å². The zero-order valence-corrected chi connectivity index (χ0v) is 17.8. The second-order valence-electron chi connectivity index (χ2n) is 5.38. The van der Waals surface area contributed by atoms with Crippen LogP contribution < -0.4 is 5.32 Å². The van der Waals surface area contributed by atoms with E-state index in [4.69, 9.17) is 0 Å². The summed E-state index contributed by atoms with van der Waals surface area (Å²) in [6.45, 7) is 4.40. The second-order valence-corrected chi connectivity index (χ2v) is 9.19. The zero-order valence-electron chi connectivity index (χ0n) is 14.6. The predicted octanol–water partition coefficient (Wildman–Crippen LogP) is 4.21. The van der Waals surface area contributed by atoms with Crippen molar-refractivity contribution in [3.05, 3.63) is 53.0 Å². The first-order valence-corrected chi connectivity index (χ1v) is 11.4. The molecule has 0 saturated carbocycles. The molecule has 0 heterocycles. The van der Waals surface area contributed by atoms with E-state index in [0.717, 1.165) is 9.37 Å². The smallest absolute Gasteiger partial charge is 0.243 e. The molecule has 2 rings (SSSR count). The van der Waals surface area contributed by atoms with Crippen molar-refractivity contribution in [3.63, 3.8) is 0 Å². The van der Waals surface area contributed by atoms with E-state index in [1.807, 2.05) is 24.3 Å². The first-order chi connectivity index (χ1) is 12.4. The van der Waals surface area contributed by atoms with E-state index in [1.54, 1.807) is 32.0 Å². The van der Waals surface area contributed by atoms with E-state index in [0.29, 0.717) is 18.8 Å². The monoisotopic (exact) mass is 456 g/mol. The number of halogens is 1. The number of amides is 1. The minimum Gasteiger partial charge on any atom is -0.325 e. The van der Waals surface area contributed by atoms with Gasteiger partial charge in [-0.1, -0.05) is 32.0 Å². The highest BCUT2D eigenvalue weighted by Gasteiger charge is 2.21. The van der Waals surface area contributed by atoms with Crippen molar-refractivity contribution in [2.24, 2.45) is 0 Å². The molecule has 0 bridgehead atoms. The molecule has 1 amide bonds. The van der Waals surface area contributed by atoms with Crippen LogP contribution in [0.25, 0.3) is 0 Å². The fraction of sp³-hybridized carbons (Fsp3) is 0.278. The van der Waals surface area contributed by atoms with Crippen molar-refractivity contribution in [2.75, 3.05) is 24.2 Å². The van der Waals surface area contributed by atoms with Gasteiger partial charge >= 0.3 is 0 Å². The van der Waals surface area contributed by atoms with Crippen LogP contribution in [0.2, 0.25) is 0 Å². The molecule has 0 unspecified atom stereocenters. The first-order valence-electron chi connectivity index (χ1n) is 8.15. The molecule has 8 heteroatoms. The molecule has 0 aromatic heterocycles. The third kappa shape index (κ3) is 5.33. The number of nitrogens with zero attached hydrogens (tertiary/aromatic N) is 1. The van der Waals surface area contributed by atoms with Crippen molar-refractivity contribution < 1.29 is 13.2 Å². The number of rotatable bonds is 8. The Morgan fingerprint density at radius 2 is 1.81 bits per heavy atom. The maximum absolute atomic E-state index is 12.6. The normalized spacial score (nSPS) is 11.5. The molecular weight excluding hydrogens is 436 g/mol. The highest BCUT2D eigenvalue weighted by atomic mass is 79.9. The average molecular weight is 457 g/mol. The second kappa shape index (κ2) is 9.55. The summed E-state index contributed by atoms with van der Waals surface area (Å²) in [6, 6.07) is 14.0. The summed E-state index contributed by atoms with van der Waals surface area (Å²) in [5.41, 5.74) is 0.468. The maximum atomic E-state index is 12.6. The largest absolute Gasteiger partial charge is 0.325 e. The summed E-state index contributed by atoms with van der Waals surface area (Å²) in [6.07, 6.45) is 0. The minimum atomic E-state index is -3.55. The molecule has 140 valence electrons. The highest BCUT2D eigenvalue weighted by molar-refractivity contribution is 9.10. The van der Waals surface area contributed by atoms with Gasteiger partial charge in [0, 0.05) is 28.1 Å². The lowest BCUT2D eigenvalue weighted by Crippen LogP contribution is -2.30. The van der Waals surface area contributed by atoms with Crippen LogP contribution in [0, 0.1) is 0 Å². The Kier molecular flexibility index (Phi) is 7.69. The van der Waals surface area contributed by atoms with Crippen LogP contribution in [0.15, 0.2) is 62.8 Å². The van der Waals surface area contributed by atoms with Gasteiger partial charge < -0.3 is 5.32 Å². The molecule has 5 nitrogen and oxygen atoms in total. The van der Waals surface area contributed by atoms with Gasteiger partial charge in [-0.15, -0.1) is 11.8 Å². The Balaban J connectivity index is 2.06. The maximum Gasteiger partial charge on any atom is 0.243 e. The Morgan fingerprint density at radius 1 is 1.12 bits per heavy atom. The van der Waals surface area contributed by atoms with E-state index in [9.17, 15) is 13.2 Å². The predicted molar refractivity (Wildman–Crippen MR) is 110 cm³/mol. The van der Waals surface area contributed by atoms with Crippen molar-refractivity contribution in [1.29, 1.82) is 0 Å². The molecule has 2 aromatic carbocycles. The summed E-state index contributed by atoms with van der Waals surface area (Å²) in [5, 5.41) is 2.76. The van der Waals surface area contributed by atoms with E-state index < -0.39 is 10.0 Å². The number of carbonyl (C=O) groups is 1. The van der Waals surface area contributed by atoms with Gasteiger partial charge in [0.05, 0.1) is 10.6 Å². The lowest BCUT2D eigenvalue weighted by atomic mass is 10.3. The number of hydrogen-bond acceptors (Lipinski definition) is 4. The molecular formula is C18H21BrN2O3S2. The summed E-state index contributed by atoms with van der Waals surface area (Å²) in [7, 11) is -3.55. The third-order valence-corrected chi connectivity index (χ3v) is 7.73. The molecule has 0 fully saturated rings. The van der Waals surface area contributed by atoms with Gasteiger partial charge in [0.2, 0.25) is 15.9 Å². The molecule has 26 heavy (non-hydrogen) atoms. The molecule has 0 aliphatic carbocycles. The van der Waals surface area contributed by atoms with Crippen molar-refractivity contribution in [2.45, 2.75) is 23.6 Å². The number of carbonyl (C=O) groups excluding carboxylic acids is 1. The minimum absolute atomic E-state index is 0.178. The Hall–Kier alpha value is -1.35. The molecule has 0 radical (unpaired) electrons. The molecule has 1 N–H and O–H groups in total. The number of sulfonamides is 1. The number of nitrogens with one attached hydrogen (secondary N) is 1. The Labute approximate surface area is 167 Å². The highest BCUT2D eigenvalue weighted by Crippen LogP contribution is 2.27. The van der Waals surface area contributed by atoms with Gasteiger partial charge in [0.15, 0.2) is 0 Å². The number of benzene rings is 2. The number of hydrogen-bond donors (Lipinski definition) is 1. The summed E-state index contributed by atoms with van der Waals surface area (Å²) >= 11 is 4.86. The zero-order chi connectivity index (χ0) is 19.2. The quantitative estimate of drug-likeness (QED) is 0.604. The standard InChI is InChI=1S/C18H21BrN2O3S2/c1-3-21(4-2)26(23,24)15-9-7-8-14(12-15)20-18(22)13-25-17-11-6-5-10-16(17)19/h5-12H,3-4,13H2,1-2H3,(H,20,22). The van der Waals surface area contributed by atoms with Gasteiger partial charge in [0.1, 0.15) is 0 Å². The molecule has 2 aromatic rings. The Bertz CT molecular complexity index is 868. The molecule has 0 saturated heterocycles. The van der Waals surface area contributed by atoms with Crippen LogP contribution >= 0.6 is 27.7 Å². The van der Waals surface area contributed by atoms with Gasteiger partial charge in [-0.25, -0.2) is 8.42 Å². The lowest BCUT2D eigenvalue weighted by molar-refractivity contribution is -0.113.